The highest BCUT2D eigenvalue weighted by atomic mass is 19.3. The third kappa shape index (κ3) is 3.45. The number of ether oxygens (including phenoxy) is 1. The van der Waals surface area contributed by atoms with Gasteiger partial charge in [0.15, 0.2) is 0 Å². The van der Waals surface area contributed by atoms with Gasteiger partial charge in [-0.2, -0.15) is 0 Å². The summed E-state index contributed by atoms with van der Waals surface area (Å²) in [6.07, 6.45) is -2.35. The molecule has 0 aliphatic carbocycles. The Morgan fingerprint density at radius 1 is 1.25 bits per heavy atom. The fourth-order valence-electron chi connectivity index (χ4n) is 1.47. The molecular formula is C12H17F2NO. The van der Waals surface area contributed by atoms with Gasteiger partial charge in [-0.1, -0.05) is 12.1 Å². The highest BCUT2D eigenvalue weighted by molar-refractivity contribution is 5.30. The molecule has 4 heteroatoms. The summed E-state index contributed by atoms with van der Waals surface area (Å²) in [7, 11) is 1.58. The topological polar surface area (TPSA) is 21.3 Å². The van der Waals surface area contributed by atoms with Crippen LogP contribution in [-0.4, -0.2) is 19.6 Å². The Bertz CT molecular complexity index is 331. The molecule has 90 valence electrons. The van der Waals surface area contributed by atoms with E-state index in [-0.39, 0.29) is 6.04 Å². The minimum Gasteiger partial charge on any atom is -0.497 e. The number of methoxy groups -OCH3 is 1. The van der Waals surface area contributed by atoms with Gasteiger partial charge in [-0.25, -0.2) is 8.78 Å². The lowest BCUT2D eigenvalue weighted by Gasteiger charge is -2.20. The summed E-state index contributed by atoms with van der Waals surface area (Å²) in [5, 5.41) is 2.84. The van der Waals surface area contributed by atoms with Gasteiger partial charge in [0.1, 0.15) is 5.75 Å². The van der Waals surface area contributed by atoms with Crippen LogP contribution in [0.4, 0.5) is 8.78 Å². The van der Waals surface area contributed by atoms with Crippen molar-refractivity contribution in [2.24, 2.45) is 0 Å². The summed E-state index contributed by atoms with van der Waals surface area (Å²) in [6.45, 7) is 3.33. The summed E-state index contributed by atoms with van der Waals surface area (Å²) in [5.74, 6) is 0.732. The molecule has 0 saturated heterocycles. The summed E-state index contributed by atoms with van der Waals surface area (Å²) >= 11 is 0. The SMILES string of the molecule is COc1cccc([C@@H](C)NC(C)C(F)F)c1. The summed E-state index contributed by atoms with van der Waals surface area (Å²) in [6, 6.07) is 6.46. The van der Waals surface area contributed by atoms with E-state index in [0.29, 0.717) is 0 Å². The van der Waals surface area contributed by atoms with Crippen LogP contribution in [0.15, 0.2) is 24.3 Å². The van der Waals surface area contributed by atoms with Crippen LogP contribution in [0.25, 0.3) is 0 Å². The first kappa shape index (κ1) is 12.9. The first-order valence-electron chi connectivity index (χ1n) is 5.22. The Morgan fingerprint density at radius 3 is 2.50 bits per heavy atom. The van der Waals surface area contributed by atoms with Crippen molar-refractivity contribution in [2.45, 2.75) is 32.4 Å². The number of benzene rings is 1. The van der Waals surface area contributed by atoms with Crippen molar-refractivity contribution in [3.63, 3.8) is 0 Å². The maximum Gasteiger partial charge on any atom is 0.253 e. The zero-order valence-corrected chi connectivity index (χ0v) is 9.71. The van der Waals surface area contributed by atoms with Gasteiger partial charge in [0.2, 0.25) is 0 Å². The van der Waals surface area contributed by atoms with Crippen LogP contribution >= 0.6 is 0 Å². The number of hydrogen-bond acceptors (Lipinski definition) is 2. The minimum atomic E-state index is -2.35. The number of rotatable bonds is 5. The molecule has 16 heavy (non-hydrogen) atoms. The van der Waals surface area contributed by atoms with Crippen LogP contribution in [0.3, 0.4) is 0 Å². The molecule has 0 spiro atoms. The number of alkyl halides is 2. The lowest BCUT2D eigenvalue weighted by molar-refractivity contribution is 0.101. The highest BCUT2D eigenvalue weighted by Gasteiger charge is 2.17. The molecule has 0 aliphatic rings. The van der Waals surface area contributed by atoms with E-state index in [1.165, 1.54) is 6.92 Å². The van der Waals surface area contributed by atoms with Gasteiger partial charge in [0, 0.05) is 6.04 Å². The predicted octanol–water partition coefficient (Wildman–Crippen LogP) is 3.00. The molecule has 0 amide bonds. The van der Waals surface area contributed by atoms with Crippen LogP contribution in [0.1, 0.15) is 25.5 Å². The molecule has 0 aromatic heterocycles. The van der Waals surface area contributed by atoms with Crippen LogP contribution in [0.2, 0.25) is 0 Å². The maximum atomic E-state index is 12.4. The molecule has 0 bridgehead atoms. The lowest BCUT2D eigenvalue weighted by atomic mass is 10.1. The fraction of sp³-hybridized carbons (Fsp3) is 0.500. The molecule has 0 fully saturated rings. The number of nitrogens with one attached hydrogen (secondary N) is 1. The Morgan fingerprint density at radius 2 is 1.94 bits per heavy atom. The van der Waals surface area contributed by atoms with Crippen LogP contribution in [0, 0.1) is 0 Å². The Hall–Kier alpha value is -1.16. The largest absolute Gasteiger partial charge is 0.497 e. The van der Waals surface area contributed by atoms with E-state index in [4.69, 9.17) is 4.74 Å². The number of halogens is 2. The molecule has 1 aromatic carbocycles. The third-order valence-corrected chi connectivity index (χ3v) is 2.48. The molecule has 1 unspecified atom stereocenters. The standard InChI is InChI=1S/C12H17F2NO/c1-8(15-9(2)12(13)14)10-5-4-6-11(7-10)16-3/h4-9,12,15H,1-3H3/t8-,9?/m1/s1. The van der Waals surface area contributed by atoms with Gasteiger partial charge in [0.05, 0.1) is 13.2 Å². The molecule has 0 radical (unpaired) electrons. The molecule has 0 saturated carbocycles. The highest BCUT2D eigenvalue weighted by Crippen LogP contribution is 2.19. The second kappa shape index (κ2) is 5.80. The Kier molecular flexibility index (Phi) is 4.68. The molecule has 1 rings (SSSR count). The molecule has 0 heterocycles. The predicted molar refractivity (Wildman–Crippen MR) is 60.0 cm³/mol. The number of hydrogen-bond donors (Lipinski definition) is 1. The smallest absolute Gasteiger partial charge is 0.253 e. The quantitative estimate of drug-likeness (QED) is 0.838. The van der Waals surface area contributed by atoms with Crippen LogP contribution in [-0.2, 0) is 0 Å². The van der Waals surface area contributed by atoms with E-state index >= 15 is 0 Å². The van der Waals surface area contributed by atoms with Crippen molar-refractivity contribution in [3.05, 3.63) is 29.8 Å². The van der Waals surface area contributed by atoms with Crippen molar-refractivity contribution in [1.82, 2.24) is 5.32 Å². The third-order valence-electron chi connectivity index (χ3n) is 2.48. The van der Waals surface area contributed by atoms with Gasteiger partial charge in [-0.3, -0.25) is 0 Å². The first-order valence-corrected chi connectivity index (χ1v) is 5.22. The lowest BCUT2D eigenvalue weighted by Crippen LogP contribution is -2.34. The normalized spacial score (nSPS) is 14.9. The fourth-order valence-corrected chi connectivity index (χ4v) is 1.47. The maximum absolute atomic E-state index is 12.4. The van der Waals surface area contributed by atoms with Gasteiger partial charge < -0.3 is 10.1 Å². The van der Waals surface area contributed by atoms with E-state index < -0.39 is 12.5 Å². The van der Waals surface area contributed by atoms with Crippen molar-refractivity contribution >= 4 is 0 Å². The Balaban J connectivity index is 2.68. The molecule has 2 atom stereocenters. The van der Waals surface area contributed by atoms with Crippen molar-refractivity contribution in [2.75, 3.05) is 7.11 Å². The van der Waals surface area contributed by atoms with E-state index in [1.807, 2.05) is 31.2 Å². The van der Waals surface area contributed by atoms with E-state index in [2.05, 4.69) is 5.32 Å². The molecule has 1 aromatic rings. The molecule has 1 N–H and O–H groups in total. The minimum absolute atomic E-state index is 0.126. The Labute approximate surface area is 94.6 Å². The second-order valence-corrected chi connectivity index (χ2v) is 3.79. The summed E-state index contributed by atoms with van der Waals surface area (Å²) in [4.78, 5) is 0. The van der Waals surface area contributed by atoms with E-state index in [0.717, 1.165) is 11.3 Å². The van der Waals surface area contributed by atoms with Gasteiger partial charge in [-0.15, -0.1) is 0 Å². The average molecular weight is 229 g/mol. The van der Waals surface area contributed by atoms with Crippen molar-refractivity contribution in [1.29, 1.82) is 0 Å². The molecule has 2 nitrogen and oxygen atoms in total. The van der Waals surface area contributed by atoms with Crippen LogP contribution in [0.5, 0.6) is 5.75 Å². The monoisotopic (exact) mass is 229 g/mol. The van der Waals surface area contributed by atoms with Gasteiger partial charge >= 0.3 is 0 Å². The van der Waals surface area contributed by atoms with E-state index in [1.54, 1.807) is 7.11 Å². The van der Waals surface area contributed by atoms with Crippen LogP contribution < -0.4 is 10.1 Å². The average Bonchev–Trinajstić information content (AvgIpc) is 2.28. The van der Waals surface area contributed by atoms with Crippen molar-refractivity contribution in [3.8, 4) is 5.75 Å². The zero-order valence-electron chi connectivity index (χ0n) is 9.71. The summed E-state index contributed by atoms with van der Waals surface area (Å²) in [5.41, 5.74) is 0.937. The van der Waals surface area contributed by atoms with Gasteiger partial charge in [0.25, 0.3) is 6.43 Å². The molecular weight excluding hydrogens is 212 g/mol. The van der Waals surface area contributed by atoms with Crippen molar-refractivity contribution < 1.29 is 13.5 Å². The zero-order chi connectivity index (χ0) is 12.1. The van der Waals surface area contributed by atoms with E-state index in [9.17, 15) is 8.78 Å². The first-order chi connectivity index (χ1) is 7.54. The second-order valence-electron chi connectivity index (χ2n) is 3.79. The molecule has 0 aliphatic heterocycles. The van der Waals surface area contributed by atoms with Gasteiger partial charge in [-0.05, 0) is 31.5 Å². The summed E-state index contributed by atoms with van der Waals surface area (Å²) < 4.78 is 29.8.